The average Bonchev–Trinajstić information content (AvgIpc) is 2.62. The number of rotatable bonds is 7. The Hall–Kier alpha value is -2.47. The highest BCUT2D eigenvalue weighted by molar-refractivity contribution is 5.85. The Morgan fingerprint density at radius 3 is 2.32 bits per heavy atom. The Kier molecular flexibility index (Phi) is 6.09. The zero-order valence-corrected chi connectivity index (χ0v) is 14.1. The number of ether oxygens (including phenoxy) is 1. The zero-order chi connectivity index (χ0) is 18.4. The molecule has 0 heterocycles. The quantitative estimate of drug-likeness (QED) is 0.805. The second-order valence-corrected chi connectivity index (χ2v) is 5.84. The van der Waals surface area contributed by atoms with E-state index in [0.717, 1.165) is 12.1 Å². The predicted molar refractivity (Wildman–Crippen MR) is 90.5 cm³/mol. The molecule has 2 atom stereocenters. The van der Waals surface area contributed by atoms with E-state index in [1.54, 1.807) is 31.2 Å². The number of hydrogen-bond acceptors (Lipinski definition) is 3. The first-order chi connectivity index (χ1) is 11.8. The van der Waals surface area contributed by atoms with Gasteiger partial charge in [-0.2, -0.15) is 8.78 Å². The van der Waals surface area contributed by atoms with Gasteiger partial charge in [0.2, 0.25) is 0 Å². The van der Waals surface area contributed by atoms with Crippen molar-refractivity contribution in [3.05, 3.63) is 65.7 Å². The minimum atomic E-state index is -3.67. The highest BCUT2D eigenvalue weighted by atomic mass is 19.3. The summed E-state index contributed by atoms with van der Waals surface area (Å²) in [5.74, 6) is -4.64. The SMILES string of the molecule is COc1ccc(C(F)(F)C(=O)NC(C)CC(O)c2ccccc2)cc1. The van der Waals surface area contributed by atoms with Crippen LogP contribution in [0, 0.1) is 0 Å². The van der Waals surface area contributed by atoms with Crippen LogP contribution in [0.3, 0.4) is 0 Å². The molecule has 2 aromatic carbocycles. The molecule has 0 spiro atoms. The fourth-order valence-electron chi connectivity index (χ4n) is 2.45. The molecule has 2 rings (SSSR count). The normalized spacial score (nSPS) is 13.8. The summed E-state index contributed by atoms with van der Waals surface area (Å²) in [5, 5.41) is 12.4. The van der Waals surface area contributed by atoms with Crippen LogP contribution >= 0.6 is 0 Å². The number of carbonyl (C=O) groups is 1. The molecule has 6 heteroatoms. The van der Waals surface area contributed by atoms with Crippen molar-refractivity contribution >= 4 is 5.91 Å². The van der Waals surface area contributed by atoms with Gasteiger partial charge < -0.3 is 15.2 Å². The summed E-state index contributed by atoms with van der Waals surface area (Å²) in [5.41, 5.74) is 0.257. The first-order valence-corrected chi connectivity index (χ1v) is 7.91. The van der Waals surface area contributed by atoms with Crippen molar-refractivity contribution in [2.24, 2.45) is 0 Å². The van der Waals surface area contributed by atoms with Crippen molar-refractivity contribution in [3.63, 3.8) is 0 Å². The molecule has 0 bridgehead atoms. The molecule has 0 fully saturated rings. The summed E-state index contributed by atoms with van der Waals surface area (Å²) >= 11 is 0. The number of alkyl halides is 2. The molecule has 4 nitrogen and oxygen atoms in total. The molecule has 2 N–H and O–H groups in total. The van der Waals surface area contributed by atoms with Gasteiger partial charge in [0.05, 0.1) is 13.2 Å². The molecular formula is C19H21F2NO3. The van der Waals surface area contributed by atoms with Crippen LogP contribution in [0.1, 0.15) is 30.6 Å². The molecule has 134 valence electrons. The van der Waals surface area contributed by atoms with Crippen molar-refractivity contribution in [3.8, 4) is 5.75 Å². The maximum absolute atomic E-state index is 14.3. The zero-order valence-electron chi connectivity index (χ0n) is 14.1. The van der Waals surface area contributed by atoms with Crippen LogP contribution in [0.25, 0.3) is 0 Å². The van der Waals surface area contributed by atoms with Crippen molar-refractivity contribution in [2.75, 3.05) is 7.11 Å². The number of nitrogens with one attached hydrogen (secondary N) is 1. The molecule has 0 aliphatic rings. The predicted octanol–water partition coefficient (Wildman–Crippen LogP) is 3.42. The third kappa shape index (κ3) is 4.76. The van der Waals surface area contributed by atoms with Gasteiger partial charge >= 0.3 is 5.92 Å². The van der Waals surface area contributed by atoms with Crippen molar-refractivity contribution in [1.29, 1.82) is 0 Å². The van der Waals surface area contributed by atoms with E-state index in [4.69, 9.17) is 4.74 Å². The van der Waals surface area contributed by atoms with E-state index in [0.29, 0.717) is 11.3 Å². The summed E-state index contributed by atoms with van der Waals surface area (Å²) in [6.07, 6.45) is -0.708. The molecule has 25 heavy (non-hydrogen) atoms. The molecule has 0 aliphatic carbocycles. The summed E-state index contributed by atoms with van der Waals surface area (Å²) in [6, 6.07) is 13.3. The second-order valence-electron chi connectivity index (χ2n) is 5.84. The van der Waals surface area contributed by atoms with Gasteiger partial charge in [-0.05, 0) is 43.2 Å². The largest absolute Gasteiger partial charge is 0.497 e. The van der Waals surface area contributed by atoms with Crippen LogP contribution < -0.4 is 10.1 Å². The summed E-state index contributed by atoms with van der Waals surface area (Å²) in [6.45, 7) is 1.58. The third-order valence-corrected chi connectivity index (χ3v) is 3.88. The lowest BCUT2D eigenvalue weighted by molar-refractivity contribution is -0.147. The lowest BCUT2D eigenvalue weighted by Gasteiger charge is -2.22. The second kappa shape index (κ2) is 8.07. The maximum Gasteiger partial charge on any atom is 0.349 e. The fraction of sp³-hybridized carbons (Fsp3) is 0.316. The molecule has 0 saturated heterocycles. The standard InChI is InChI=1S/C19H21F2NO3/c1-13(12-17(23)14-6-4-3-5-7-14)22-18(24)19(20,21)15-8-10-16(25-2)11-9-15/h3-11,13,17,23H,12H2,1-2H3,(H,22,24). The Morgan fingerprint density at radius 2 is 1.76 bits per heavy atom. The van der Waals surface area contributed by atoms with E-state index in [1.807, 2.05) is 6.07 Å². The van der Waals surface area contributed by atoms with Crippen LogP contribution in [-0.4, -0.2) is 24.2 Å². The first-order valence-electron chi connectivity index (χ1n) is 7.91. The highest BCUT2D eigenvalue weighted by Gasteiger charge is 2.41. The van der Waals surface area contributed by atoms with E-state index in [1.165, 1.54) is 19.2 Å². The van der Waals surface area contributed by atoms with E-state index >= 15 is 0 Å². The van der Waals surface area contributed by atoms with Gasteiger partial charge in [0.25, 0.3) is 5.91 Å². The number of amides is 1. The van der Waals surface area contributed by atoms with E-state index < -0.39 is 29.5 Å². The van der Waals surface area contributed by atoms with Gasteiger partial charge in [-0.3, -0.25) is 4.79 Å². The summed E-state index contributed by atoms with van der Waals surface area (Å²) in [7, 11) is 1.43. The van der Waals surface area contributed by atoms with Crippen molar-refractivity contribution in [2.45, 2.75) is 31.4 Å². The van der Waals surface area contributed by atoms with Crippen molar-refractivity contribution < 1.29 is 23.4 Å². The smallest absolute Gasteiger partial charge is 0.349 e. The lowest BCUT2D eigenvalue weighted by atomic mass is 10.0. The molecule has 0 saturated carbocycles. The molecule has 0 aromatic heterocycles. The Balaban J connectivity index is 1.99. The Morgan fingerprint density at radius 1 is 1.16 bits per heavy atom. The minimum Gasteiger partial charge on any atom is -0.497 e. The first kappa shape index (κ1) is 18.9. The number of halogens is 2. The average molecular weight is 349 g/mol. The van der Waals surface area contributed by atoms with Crippen LogP contribution in [0.2, 0.25) is 0 Å². The molecule has 2 aromatic rings. The number of aliphatic hydroxyl groups excluding tert-OH is 1. The molecular weight excluding hydrogens is 328 g/mol. The van der Waals surface area contributed by atoms with Gasteiger partial charge in [0.15, 0.2) is 0 Å². The Labute approximate surface area is 145 Å². The van der Waals surface area contributed by atoms with Crippen LogP contribution in [0.15, 0.2) is 54.6 Å². The molecule has 2 unspecified atom stereocenters. The van der Waals surface area contributed by atoms with Crippen molar-refractivity contribution in [1.82, 2.24) is 5.32 Å². The van der Waals surface area contributed by atoms with E-state index in [2.05, 4.69) is 5.32 Å². The highest BCUT2D eigenvalue weighted by Crippen LogP contribution is 2.30. The Bertz CT molecular complexity index is 690. The summed E-state index contributed by atoms with van der Waals surface area (Å²) in [4.78, 5) is 12.0. The fourth-order valence-corrected chi connectivity index (χ4v) is 2.45. The van der Waals surface area contributed by atoms with Gasteiger partial charge in [-0.1, -0.05) is 30.3 Å². The maximum atomic E-state index is 14.3. The van der Waals surface area contributed by atoms with Gasteiger partial charge in [-0.15, -0.1) is 0 Å². The number of benzene rings is 2. The number of aliphatic hydroxyl groups is 1. The molecule has 0 radical (unpaired) electrons. The van der Waals surface area contributed by atoms with Gasteiger partial charge in [0.1, 0.15) is 5.75 Å². The minimum absolute atomic E-state index is 0.133. The lowest BCUT2D eigenvalue weighted by Crippen LogP contribution is -2.43. The topological polar surface area (TPSA) is 58.6 Å². The number of hydrogen-bond donors (Lipinski definition) is 2. The van der Waals surface area contributed by atoms with Crippen LogP contribution in [-0.2, 0) is 10.7 Å². The van der Waals surface area contributed by atoms with E-state index in [-0.39, 0.29) is 6.42 Å². The van der Waals surface area contributed by atoms with Crippen LogP contribution in [0.5, 0.6) is 5.75 Å². The van der Waals surface area contributed by atoms with Gasteiger partial charge in [0, 0.05) is 11.6 Å². The van der Waals surface area contributed by atoms with Gasteiger partial charge in [-0.25, -0.2) is 0 Å². The monoisotopic (exact) mass is 349 g/mol. The van der Waals surface area contributed by atoms with Crippen LogP contribution in [0.4, 0.5) is 8.78 Å². The molecule has 1 amide bonds. The number of methoxy groups -OCH3 is 1. The molecule has 0 aliphatic heterocycles. The third-order valence-electron chi connectivity index (χ3n) is 3.88. The number of carbonyl (C=O) groups excluding carboxylic acids is 1. The van der Waals surface area contributed by atoms with E-state index in [9.17, 15) is 18.7 Å². The summed E-state index contributed by atoms with van der Waals surface area (Å²) < 4.78 is 33.5.